The van der Waals surface area contributed by atoms with E-state index in [0.29, 0.717) is 23.7 Å². The molecule has 5 heteroatoms. The quantitative estimate of drug-likeness (QED) is 0.624. The third kappa shape index (κ3) is 4.09. The molecule has 0 unspecified atom stereocenters. The van der Waals surface area contributed by atoms with Crippen molar-refractivity contribution in [2.45, 2.75) is 13.5 Å². The van der Waals surface area contributed by atoms with Crippen molar-refractivity contribution >= 4 is 49.4 Å². The Morgan fingerprint density at radius 2 is 1.90 bits per heavy atom. The predicted molar refractivity (Wildman–Crippen MR) is 93.7 cm³/mol. The molecule has 2 nitrogen and oxygen atoms in total. The van der Waals surface area contributed by atoms with Gasteiger partial charge in [-0.15, -0.1) is 0 Å². The van der Waals surface area contributed by atoms with Crippen molar-refractivity contribution in [1.82, 2.24) is 4.90 Å². The summed E-state index contributed by atoms with van der Waals surface area (Å²) in [6, 6.07) is 13.1. The maximum atomic E-state index is 12.7. The minimum Gasteiger partial charge on any atom is -0.335 e. The Labute approximate surface area is 146 Å². The van der Waals surface area contributed by atoms with Crippen molar-refractivity contribution in [3.8, 4) is 0 Å². The summed E-state index contributed by atoms with van der Waals surface area (Å²) in [6.45, 7) is 3.07. The molecule has 0 aliphatic carbocycles. The van der Waals surface area contributed by atoms with E-state index >= 15 is 0 Å². The Balaban J connectivity index is 2.25. The Morgan fingerprint density at radius 1 is 1.19 bits per heavy atom. The van der Waals surface area contributed by atoms with Crippen LogP contribution in [0.3, 0.4) is 0 Å². The average molecular weight is 432 g/mol. The molecule has 0 aromatic heterocycles. The zero-order valence-corrected chi connectivity index (χ0v) is 15.4. The standard InChI is InChI=1S/C16H14Br2ClNO/c1-2-20(10-11-5-3-4-6-15(11)19)16(21)13-8-7-12(17)9-14(13)18/h3-9H,2,10H2,1H3. The van der Waals surface area contributed by atoms with Gasteiger partial charge in [0.2, 0.25) is 0 Å². The van der Waals surface area contributed by atoms with E-state index in [1.807, 2.05) is 49.4 Å². The third-order valence-corrected chi connectivity index (χ3v) is 4.67. The van der Waals surface area contributed by atoms with Crippen molar-refractivity contribution in [3.63, 3.8) is 0 Å². The first-order valence-corrected chi connectivity index (χ1v) is 8.47. The summed E-state index contributed by atoms with van der Waals surface area (Å²) in [5, 5.41) is 0.679. The second-order valence-electron chi connectivity index (χ2n) is 4.53. The van der Waals surface area contributed by atoms with Crippen LogP contribution < -0.4 is 0 Å². The van der Waals surface area contributed by atoms with E-state index in [-0.39, 0.29) is 5.91 Å². The largest absolute Gasteiger partial charge is 0.335 e. The van der Waals surface area contributed by atoms with Crippen LogP contribution >= 0.6 is 43.5 Å². The number of halogens is 3. The molecule has 0 saturated heterocycles. The maximum absolute atomic E-state index is 12.7. The van der Waals surface area contributed by atoms with E-state index in [4.69, 9.17) is 11.6 Å². The molecule has 0 spiro atoms. The second-order valence-corrected chi connectivity index (χ2v) is 6.71. The van der Waals surface area contributed by atoms with Crippen LogP contribution in [0.15, 0.2) is 51.4 Å². The summed E-state index contributed by atoms with van der Waals surface area (Å²) in [7, 11) is 0. The molecular weight excluding hydrogens is 417 g/mol. The highest BCUT2D eigenvalue weighted by molar-refractivity contribution is 9.11. The fourth-order valence-corrected chi connectivity index (χ4v) is 3.40. The van der Waals surface area contributed by atoms with Gasteiger partial charge in [-0.2, -0.15) is 0 Å². The SMILES string of the molecule is CCN(Cc1ccccc1Cl)C(=O)c1ccc(Br)cc1Br. The van der Waals surface area contributed by atoms with E-state index in [2.05, 4.69) is 31.9 Å². The van der Waals surface area contributed by atoms with Crippen LogP contribution in [0.1, 0.15) is 22.8 Å². The molecule has 1 amide bonds. The van der Waals surface area contributed by atoms with Gasteiger partial charge in [0.05, 0.1) is 5.56 Å². The molecule has 0 aliphatic heterocycles. The summed E-state index contributed by atoms with van der Waals surface area (Å²) in [5.41, 5.74) is 1.59. The van der Waals surface area contributed by atoms with E-state index in [1.165, 1.54) is 0 Å². The molecule has 2 aromatic rings. The highest BCUT2D eigenvalue weighted by atomic mass is 79.9. The van der Waals surface area contributed by atoms with Crippen molar-refractivity contribution in [2.75, 3.05) is 6.54 Å². The molecule has 0 bridgehead atoms. The molecule has 0 atom stereocenters. The van der Waals surface area contributed by atoms with E-state index in [0.717, 1.165) is 14.5 Å². The van der Waals surface area contributed by atoms with E-state index in [1.54, 1.807) is 4.90 Å². The van der Waals surface area contributed by atoms with Gasteiger partial charge in [-0.05, 0) is 52.7 Å². The summed E-state index contributed by atoms with van der Waals surface area (Å²) in [5.74, 6) is -0.0169. The Kier molecular flexibility index (Phi) is 5.85. The molecule has 2 aromatic carbocycles. The first kappa shape index (κ1) is 16.5. The van der Waals surface area contributed by atoms with Crippen molar-refractivity contribution in [2.24, 2.45) is 0 Å². The van der Waals surface area contributed by atoms with Crippen LogP contribution in [-0.4, -0.2) is 17.4 Å². The van der Waals surface area contributed by atoms with Gasteiger partial charge in [0.25, 0.3) is 5.91 Å². The van der Waals surface area contributed by atoms with Crippen LogP contribution in [0.5, 0.6) is 0 Å². The van der Waals surface area contributed by atoms with Crippen molar-refractivity contribution < 1.29 is 4.79 Å². The molecule has 110 valence electrons. The van der Waals surface area contributed by atoms with Gasteiger partial charge in [-0.25, -0.2) is 0 Å². The molecule has 0 aliphatic rings. The lowest BCUT2D eigenvalue weighted by atomic mass is 10.1. The maximum Gasteiger partial charge on any atom is 0.255 e. The summed E-state index contributed by atoms with van der Waals surface area (Å²) >= 11 is 13.0. The second kappa shape index (κ2) is 7.43. The number of amides is 1. The lowest BCUT2D eigenvalue weighted by Gasteiger charge is -2.22. The Hall–Kier alpha value is -0.840. The summed E-state index contributed by atoms with van der Waals surface area (Å²) < 4.78 is 1.71. The third-order valence-electron chi connectivity index (χ3n) is 3.15. The van der Waals surface area contributed by atoms with Gasteiger partial charge >= 0.3 is 0 Å². The molecule has 0 heterocycles. The van der Waals surface area contributed by atoms with Crippen LogP contribution in [0.4, 0.5) is 0 Å². The molecule has 0 radical (unpaired) electrons. The minimum atomic E-state index is -0.0169. The number of rotatable bonds is 4. The van der Waals surface area contributed by atoms with Gasteiger partial charge < -0.3 is 4.90 Å². The normalized spacial score (nSPS) is 10.5. The first-order valence-electron chi connectivity index (χ1n) is 6.50. The van der Waals surface area contributed by atoms with Gasteiger partial charge in [-0.1, -0.05) is 45.7 Å². The molecule has 0 fully saturated rings. The lowest BCUT2D eigenvalue weighted by Crippen LogP contribution is -2.30. The van der Waals surface area contributed by atoms with Gasteiger partial charge in [0.15, 0.2) is 0 Å². The number of nitrogens with zero attached hydrogens (tertiary/aromatic N) is 1. The minimum absolute atomic E-state index is 0.0169. The average Bonchev–Trinajstić information content (AvgIpc) is 2.46. The zero-order chi connectivity index (χ0) is 15.4. The van der Waals surface area contributed by atoms with E-state index in [9.17, 15) is 4.79 Å². The molecule has 0 N–H and O–H groups in total. The topological polar surface area (TPSA) is 20.3 Å². The fraction of sp³-hybridized carbons (Fsp3) is 0.188. The summed E-state index contributed by atoms with van der Waals surface area (Å²) in [4.78, 5) is 14.4. The number of carbonyl (C=O) groups is 1. The van der Waals surface area contributed by atoms with Crippen molar-refractivity contribution in [1.29, 1.82) is 0 Å². The van der Waals surface area contributed by atoms with Gasteiger partial charge in [0, 0.05) is 27.1 Å². The van der Waals surface area contributed by atoms with E-state index < -0.39 is 0 Å². The molecule has 21 heavy (non-hydrogen) atoms. The fourth-order valence-electron chi connectivity index (χ4n) is 1.99. The highest BCUT2D eigenvalue weighted by Gasteiger charge is 2.18. The first-order chi connectivity index (χ1) is 10.0. The number of hydrogen-bond donors (Lipinski definition) is 0. The number of benzene rings is 2. The Morgan fingerprint density at radius 3 is 2.52 bits per heavy atom. The smallest absolute Gasteiger partial charge is 0.255 e. The molecular formula is C16H14Br2ClNO. The molecule has 0 saturated carbocycles. The van der Waals surface area contributed by atoms with Crippen molar-refractivity contribution in [3.05, 3.63) is 67.6 Å². The lowest BCUT2D eigenvalue weighted by molar-refractivity contribution is 0.0751. The van der Waals surface area contributed by atoms with Crippen LogP contribution in [0.2, 0.25) is 5.02 Å². The van der Waals surface area contributed by atoms with Crippen LogP contribution in [0.25, 0.3) is 0 Å². The zero-order valence-electron chi connectivity index (χ0n) is 11.4. The van der Waals surface area contributed by atoms with Gasteiger partial charge in [-0.3, -0.25) is 4.79 Å². The summed E-state index contributed by atoms with van der Waals surface area (Å²) in [6.07, 6.45) is 0. The highest BCUT2D eigenvalue weighted by Crippen LogP contribution is 2.24. The number of hydrogen-bond acceptors (Lipinski definition) is 1. The van der Waals surface area contributed by atoms with Crippen LogP contribution in [-0.2, 0) is 6.54 Å². The molecule has 2 rings (SSSR count). The Bertz CT molecular complexity index is 660. The van der Waals surface area contributed by atoms with Crippen LogP contribution in [0, 0.1) is 0 Å². The monoisotopic (exact) mass is 429 g/mol. The predicted octanol–water partition coefficient (Wildman–Crippen LogP) is 5.53. The van der Waals surface area contributed by atoms with Gasteiger partial charge in [0.1, 0.15) is 0 Å². The number of carbonyl (C=O) groups excluding carboxylic acids is 1.